The van der Waals surface area contributed by atoms with Gasteiger partial charge in [0.25, 0.3) is 5.91 Å². The molecule has 0 radical (unpaired) electrons. The standard InChI is InChI=1S/C19H15Cl2NO5/c20-13-3-1-12(15(21)9-13)2-6-19(24)27-11-18(23)22-14-4-5-16-17(10-14)26-8-7-25-16/h1-6,9-10H,7-8,11H2,(H,22,23)/b6-2+. The number of esters is 1. The van der Waals surface area contributed by atoms with Crippen LogP contribution in [0.15, 0.2) is 42.5 Å². The van der Waals surface area contributed by atoms with E-state index in [0.29, 0.717) is 46.0 Å². The van der Waals surface area contributed by atoms with Gasteiger partial charge in [-0.15, -0.1) is 0 Å². The van der Waals surface area contributed by atoms with Gasteiger partial charge in [0.1, 0.15) is 13.2 Å². The van der Waals surface area contributed by atoms with E-state index < -0.39 is 18.5 Å². The van der Waals surface area contributed by atoms with E-state index in [4.69, 9.17) is 37.4 Å². The second kappa shape index (κ2) is 8.79. The number of nitrogens with one attached hydrogen (secondary N) is 1. The van der Waals surface area contributed by atoms with E-state index in [9.17, 15) is 9.59 Å². The predicted octanol–water partition coefficient (Wildman–Crippen LogP) is 3.96. The summed E-state index contributed by atoms with van der Waals surface area (Å²) in [7, 11) is 0. The van der Waals surface area contributed by atoms with Crippen LogP contribution in [-0.2, 0) is 14.3 Å². The Morgan fingerprint density at radius 3 is 2.63 bits per heavy atom. The smallest absolute Gasteiger partial charge is 0.331 e. The summed E-state index contributed by atoms with van der Waals surface area (Å²) in [5.41, 5.74) is 1.13. The highest BCUT2D eigenvalue weighted by molar-refractivity contribution is 6.35. The molecule has 1 heterocycles. The van der Waals surface area contributed by atoms with Crippen LogP contribution in [-0.4, -0.2) is 31.7 Å². The average Bonchev–Trinajstić information content (AvgIpc) is 2.65. The molecule has 1 N–H and O–H groups in total. The summed E-state index contributed by atoms with van der Waals surface area (Å²) in [5.74, 6) is 0.0341. The molecule has 1 amide bonds. The van der Waals surface area contributed by atoms with Crippen molar-refractivity contribution in [2.24, 2.45) is 0 Å². The molecule has 0 aliphatic carbocycles. The Kier molecular flexibility index (Phi) is 6.21. The second-order valence-corrected chi connectivity index (χ2v) is 6.36. The highest BCUT2D eigenvalue weighted by Crippen LogP contribution is 2.32. The molecule has 2 aromatic carbocycles. The van der Waals surface area contributed by atoms with Gasteiger partial charge in [0, 0.05) is 27.9 Å². The first-order valence-corrected chi connectivity index (χ1v) is 8.76. The number of amides is 1. The summed E-state index contributed by atoms with van der Waals surface area (Å²) in [5, 5.41) is 3.53. The third-order valence-corrected chi connectivity index (χ3v) is 4.10. The van der Waals surface area contributed by atoms with Crippen LogP contribution < -0.4 is 14.8 Å². The molecule has 0 unspecified atom stereocenters. The van der Waals surface area contributed by atoms with Gasteiger partial charge in [0.2, 0.25) is 0 Å². The van der Waals surface area contributed by atoms with Crippen molar-refractivity contribution in [3.05, 3.63) is 58.1 Å². The lowest BCUT2D eigenvalue weighted by molar-refractivity contribution is -0.142. The monoisotopic (exact) mass is 407 g/mol. The highest BCUT2D eigenvalue weighted by Gasteiger charge is 2.13. The lowest BCUT2D eigenvalue weighted by Gasteiger charge is -2.18. The van der Waals surface area contributed by atoms with Crippen molar-refractivity contribution < 1.29 is 23.8 Å². The van der Waals surface area contributed by atoms with Gasteiger partial charge >= 0.3 is 5.97 Å². The summed E-state index contributed by atoms with van der Waals surface area (Å²) >= 11 is 11.8. The Balaban J connectivity index is 1.50. The molecule has 140 valence electrons. The van der Waals surface area contributed by atoms with Gasteiger partial charge in [-0.2, -0.15) is 0 Å². The van der Waals surface area contributed by atoms with Crippen LogP contribution >= 0.6 is 23.2 Å². The van der Waals surface area contributed by atoms with Gasteiger partial charge in [0.05, 0.1) is 0 Å². The molecule has 8 heteroatoms. The molecule has 0 aromatic heterocycles. The second-order valence-electron chi connectivity index (χ2n) is 5.51. The number of fused-ring (bicyclic) bond motifs is 1. The minimum Gasteiger partial charge on any atom is -0.486 e. The van der Waals surface area contributed by atoms with Crippen molar-refractivity contribution >= 4 is 46.8 Å². The first kappa shape index (κ1) is 19.1. The fourth-order valence-corrected chi connectivity index (χ4v) is 2.77. The van der Waals surface area contributed by atoms with E-state index in [1.807, 2.05) is 0 Å². The maximum atomic E-state index is 11.9. The van der Waals surface area contributed by atoms with E-state index in [2.05, 4.69) is 5.32 Å². The molecule has 0 spiro atoms. The van der Waals surface area contributed by atoms with Gasteiger partial charge < -0.3 is 19.5 Å². The molecule has 2 aromatic rings. The van der Waals surface area contributed by atoms with Crippen LogP contribution in [0.4, 0.5) is 5.69 Å². The summed E-state index contributed by atoms with van der Waals surface area (Å²) in [6.07, 6.45) is 2.67. The largest absolute Gasteiger partial charge is 0.486 e. The minimum absolute atomic E-state index is 0.405. The lowest BCUT2D eigenvalue weighted by atomic mass is 10.2. The van der Waals surface area contributed by atoms with Gasteiger partial charge in [-0.3, -0.25) is 4.79 Å². The molecule has 0 fully saturated rings. The van der Waals surface area contributed by atoms with Crippen molar-refractivity contribution in [1.82, 2.24) is 0 Å². The molecule has 0 bridgehead atoms. The molecule has 0 atom stereocenters. The van der Waals surface area contributed by atoms with Crippen molar-refractivity contribution in [2.75, 3.05) is 25.1 Å². The number of hydrogen-bond acceptors (Lipinski definition) is 5. The van der Waals surface area contributed by atoms with E-state index in [1.165, 1.54) is 12.2 Å². The van der Waals surface area contributed by atoms with Crippen LogP contribution in [0.25, 0.3) is 6.08 Å². The van der Waals surface area contributed by atoms with Crippen LogP contribution in [0.5, 0.6) is 11.5 Å². The summed E-state index contributed by atoms with van der Waals surface area (Å²) in [4.78, 5) is 23.7. The first-order valence-electron chi connectivity index (χ1n) is 8.00. The molecule has 3 rings (SSSR count). The van der Waals surface area contributed by atoms with Gasteiger partial charge in [-0.25, -0.2) is 4.79 Å². The topological polar surface area (TPSA) is 73.9 Å². The Labute approximate surface area is 165 Å². The molecule has 0 saturated carbocycles. The third-order valence-electron chi connectivity index (χ3n) is 3.53. The quantitative estimate of drug-likeness (QED) is 0.599. The number of anilines is 1. The normalized spacial score (nSPS) is 12.7. The summed E-state index contributed by atoms with van der Waals surface area (Å²) in [6, 6.07) is 9.91. The Morgan fingerprint density at radius 2 is 1.85 bits per heavy atom. The number of benzene rings is 2. The van der Waals surface area contributed by atoms with Crippen LogP contribution in [0.2, 0.25) is 10.0 Å². The maximum absolute atomic E-state index is 11.9. The van der Waals surface area contributed by atoms with Crippen molar-refractivity contribution in [3.8, 4) is 11.5 Å². The van der Waals surface area contributed by atoms with E-state index in [-0.39, 0.29) is 0 Å². The van der Waals surface area contributed by atoms with Crippen LogP contribution in [0, 0.1) is 0 Å². The van der Waals surface area contributed by atoms with E-state index >= 15 is 0 Å². The molecular weight excluding hydrogens is 393 g/mol. The van der Waals surface area contributed by atoms with Crippen LogP contribution in [0.3, 0.4) is 0 Å². The highest BCUT2D eigenvalue weighted by atomic mass is 35.5. The van der Waals surface area contributed by atoms with Gasteiger partial charge in [0.15, 0.2) is 18.1 Å². The number of hydrogen-bond donors (Lipinski definition) is 1. The molecule has 0 saturated heterocycles. The SMILES string of the molecule is O=C(COC(=O)/C=C/c1ccc(Cl)cc1Cl)Nc1ccc2c(c1)OCCO2. The molecule has 27 heavy (non-hydrogen) atoms. The van der Waals surface area contributed by atoms with Gasteiger partial charge in [-0.1, -0.05) is 29.3 Å². The number of halogens is 2. The number of ether oxygens (including phenoxy) is 3. The lowest BCUT2D eigenvalue weighted by Crippen LogP contribution is -2.20. The third kappa shape index (κ3) is 5.39. The zero-order chi connectivity index (χ0) is 19.2. The fraction of sp³-hybridized carbons (Fsp3) is 0.158. The van der Waals surface area contributed by atoms with Crippen molar-refractivity contribution in [2.45, 2.75) is 0 Å². The molecule has 6 nitrogen and oxygen atoms in total. The number of carbonyl (C=O) groups is 2. The average molecular weight is 408 g/mol. The first-order chi connectivity index (χ1) is 13.0. The minimum atomic E-state index is -0.668. The Bertz CT molecular complexity index is 898. The molecule has 1 aliphatic heterocycles. The van der Waals surface area contributed by atoms with Crippen molar-refractivity contribution in [3.63, 3.8) is 0 Å². The van der Waals surface area contributed by atoms with Gasteiger partial charge in [-0.05, 0) is 35.9 Å². The van der Waals surface area contributed by atoms with E-state index in [0.717, 1.165) is 0 Å². The number of carbonyl (C=O) groups excluding carboxylic acids is 2. The maximum Gasteiger partial charge on any atom is 0.331 e. The predicted molar refractivity (Wildman–Crippen MR) is 103 cm³/mol. The number of rotatable bonds is 5. The molecular formula is C19H15Cl2NO5. The zero-order valence-electron chi connectivity index (χ0n) is 14.0. The zero-order valence-corrected chi connectivity index (χ0v) is 15.5. The summed E-state index contributed by atoms with van der Waals surface area (Å²) < 4.78 is 15.8. The fourth-order valence-electron chi connectivity index (χ4n) is 2.30. The van der Waals surface area contributed by atoms with Crippen LogP contribution in [0.1, 0.15) is 5.56 Å². The van der Waals surface area contributed by atoms with Crippen molar-refractivity contribution in [1.29, 1.82) is 0 Å². The summed E-state index contributed by atoms with van der Waals surface area (Å²) in [6.45, 7) is 0.515. The Morgan fingerprint density at radius 1 is 1.07 bits per heavy atom. The molecule has 1 aliphatic rings. The van der Waals surface area contributed by atoms with E-state index in [1.54, 1.807) is 36.4 Å². The Hall–Kier alpha value is -2.70.